The van der Waals surface area contributed by atoms with E-state index in [2.05, 4.69) is 4.90 Å². The maximum Gasteiger partial charge on any atom is 0.306 e. The molecule has 11 heteroatoms. The molecule has 3 atom stereocenters. The Morgan fingerprint density at radius 1 is 1.12 bits per heavy atom. The molecule has 0 aliphatic carbocycles. The van der Waals surface area contributed by atoms with Crippen LogP contribution in [0, 0.1) is 5.92 Å². The van der Waals surface area contributed by atoms with Crippen LogP contribution in [-0.4, -0.2) is 53.3 Å². The van der Waals surface area contributed by atoms with Crippen molar-refractivity contribution in [1.82, 2.24) is 9.47 Å². The number of aromatic nitrogens is 1. The van der Waals surface area contributed by atoms with E-state index in [0.717, 1.165) is 18.7 Å². The number of nitrogens with zero attached hydrogens (tertiary/aromatic N) is 2. The first-order chi connectivity index (χ1) is 19.2. The van der Waals surface area contributed by atoms with Crippen molar-refractivity contribution in [2.45, 2.75) is 37.8 Å². The summed E-state index contributed by atoms with van der Waals surface area (Å²) in [7, 11) is 1.25. The molecule has 2 aromatic heterocycles. The largest absolute Gasteiger partial charge is 0.502 e. The second kappa shape index (κ2) is 11.4. The lowest BCUT2D eigenvalue weighted by Crippen LogP contribution is -2.46. The Morgan fingerprint density at radius 2 is 1.93 bits per heavy atom. The van der Waals surface area contributed by atoms with E-state index < -0.39 is 29.0 Å². The van der Waals surface area contributed by atoms with Gasteiger partial charge in [-0.05, 0) is 36.1 Å². The summed E-state index contributed by atoms with van der Waals surface area (Å²) in [5, 5.41) is 10.8. The summed E-state index contributed by atoms with van der Waals surface area (Å²) in [5.41, 5.74) is 6.09. The third-order valence-electron chi connectivity index (χ3n) is 7.49. The number of carbonyl (C=O) groups excluding carboxylic acids is 2. The molecule has 40 heavy (non-hydrogen) atoms. The smallest absolute Gasteiger partial charge is 0.306 e. The van der Waals surface area contributed by atoms with Gasteiger partial charge in [0.25, 0.3) is 11.5 Å². The predicted molar refractivity (Wildman–Crippen MR) is 143 cm³/mol. The van der Waals surface area contributed by atoms with Crippen molar-refractivity contribution in [3.05, 3.63) is 91.9 Å². The van der Waals surface area contributed by atoms with Gasteiger partial charge in [-0.3, -0.25) is 24.1 Å². The SMILES string of the molecule is COC(=O)C[C@@H](c1cccc(OCC(N)=O)c1)c1oc(CN2C[C@@H]3C[C@H](C2)c2cccc(=O)n2C3)cc(=O)c1O. The summed E-state index contributed by atoms with van der Waals surface area (Å²) in [6, 6.07) is 13.2. The van der Waals surface area contributed by atoms with Crippen LogP contribution in [0.3, 0.4) is 0 Å². The van der Waals surface area contributed by atoms with Gasteiger partial charge >= 0.3 is 5.97 Å². The molecule has 0 spiro atoms. The Bertz CT molecular complexity index is 1540. The summed E-state index contributed by atoms with van der Waals surface area (Å²) in [6.45, 7) is 2.03. The Labute approximate surface area is 229 Å². The zero-order chi connectivity index (χ0) is 28.4. The fourth-order valence-electron chi connectivity index (χ4n) is 5.80. The number of ether oxygens (including phenoxy) is 2. The highest BCUT2D eigenvalue weighted by atomic mass is 16.5. The van der Waals surface area contributed by atoms with Gasteiger partial charge in [-0.25, -0.2) is 0 Å². The number of hydrogen-bond donors (Lipinski definition) is 2. The number of fused-ring (bicyclic) bond motifs is 4. The Morgan fingerprint density at radius 3 is 2.70 bits per heavy atom. The molecule has 2 aliphatic rings. The van der Waals surface area contributed by atoms with E-state index in [4.69, 9.17) is 19.6 Å². The average Bonchev–Trinajstić information content (AvgIpc) is 2.93. The molecule has 4 heterocycles. The van der Waals surface area contributed by atoms with Gasteiger partial charge < -0.3 is 29.3 Å². The Hall–Kier alpha value is -4.38. The number of hydrogen-bond acceptors (Lipinski definition) is 9. The summed E-state index contributed by atoms with van der Waals surface area (Å²) in [5.74, 6) is -1.60. The van der Waals surface area contributed by atoms with Crippen LogP contribution in [0.1, 0.15) is 47.5 Å². The van der Waals surface area contributed by atoms with E-state index in [1.165, 1.54) is 13.2 Å². The Kier molecular flexibility index (Phi) is 7.74. The van der Waals surface area contributed by atoms with Crippen LogP contribution in [-0.2, 0) is 27.4 Å². The van der Waals surface area contributed by atoms with Gasteiger partial charge in [0.1, 0.15) is 11.5 Å². The standard InChI is InChI=1S/C29H31N3O8/c1-38-27(36)11-22(18-4-2-5-20(9-18)39-16-25(30)34)29-28(37)24(33)10-21(40-29)15-31-12-17-8-19(14-31)23-6-3-7-26(35)32(23)13-17/h2-7,9-10,17,19,22,37H,8,11-16H2,1H3,(H2,30,34)/t17-,19+,22-/m0/s1. The maximum absolute atomic E-state index is 12.9. The lowest BCUT2D eigenvalue weighted by Gasteiger charge is -2.42. The number of rotatable bonds is 9. The predicted octanol–water partition coefficient (Wildman–Crippen LogP) is 1.69. The number of aromatic hydroxyl groups is 1. The van der Waals surface area contributed by atoms with Gasteiger partial charge in [0.2, 0.25) is 11.2 Å². The van der Waals surface area contributed by atoms with Crippen LogP contribution < -0.4 is 21.5 Å². The van der Waals surface area contributed by atoms with E-state index in [-0.39, 0.29) is 36.2 Å². The fourth-order valence-corrected chi connectivity index (χ4v) is 5.80. The minimum atomic E-state index is -0.864. The molecular formula is C29H31N3O8. The first kappa shape index (κ1) is 27.2. The molecule has 2 aliphatic heterocycles. The monoisotopic (exact) mass is 549 g/mol. The van der Waals surface area contributed by atoms with Crippen molar-refractivity contribution in [1.29, 1.82) is 0 Å². The maximum atomic E-state index is 12.9. The summed E-state index contributed by atoms with van der Waals surface area (Å²) >= 11 is 0. The number of esters is 1. The highest BCUT2D eigenvalue weighted by molar-refractivity contribution is 5.75. The van der Waals surface area contributed by atoms with Crippen LogP contribution in [0.2, 0.25) is 0 Å². The van der Waals surface area contributed by atoms with Crippen LogP contribution >= 0.6 is 0 Å². The highest BCUT2D eigenvalue weighted by Crippen LogP contribution is 2.37. The van der Waals surface area contributed by atoms with Crippen molar-refractivity contribution >= 4 is 11.9 Å². The summed E-state index contributed by atoms with van der Waals surface area (Å²) in [4.78, 5) is 50.9. The highest BCUT2D eigenvalue weighted by Gasteiger charge is 2.35. The molecule has 0 saturated carbocycles. The lowest BCUT2D eigenvalue weighted by atomic mass is 9.83. The van der Waals surface area contributed by atoms with Crippen molar-refractivity contribution < 1.29 is 28.6 Å². The van der Waals surface area contributed by atoms with Crippen molar-refractivity contribution in [3.8, 4) is 11.5 Å². The molecule has 1 fully saturated rings. The zero-order valence-electron chi connectivity index (χ0n) is 22.1. The normalized spacial score (nSPS) is 18.9. The average molecular weight is 550 g/mol. The van der Waals surface area contributed by atoms with E-state index in [1.54, 1.807) is 36.4 Å². The Balaban J connectivity index is 1.44. The molecule has 11 nitrogen and oxygen atoms in total. The summed E-state index contributed by atoms with van der Waals surface area (Å²) < 4.78 is 18.3. The first-order valence-electron chi connectivity index (χ1n) is 13.1. The van der Waals surface area contributed by atoms with Gasteiger partial charge in [-0.15, -0.1) is 0 Å². The van der Waals surface area contributed by atoms with Gasteiger partial charge in [-0.1, -0.05) is 18.2 Å². The molecule has 5 rings (SSSR count). The topological polar surface area (TPSA) is 154 Å². The third-order valence-corrected chi connectivity index (χ3v) is 7.49. The minimum absolute atomic E-state index is 0.00978. The quantitative estimate of drug-likeness (QED) is 0.380. The molecule has 210 valence electrons. The molecule has 3 aromatic rings. The van der Waals surface area contributed by atoms with Crippen LogP contribution in [0.25, 0.3) is 0 Å². The van der Waals surface area contributed by atoms with E-state index in [0.29, 0.717) is 36.7 Å². The molecule has 1 aromatic carbocycles. The van der Waals surface area contributed by atoms with Gasteiger partial charge in [0.15, 0.2) is 12.4 Å². The second-order valence-corrected chi connectivity index (χ2v) is 10.3. The zero-order valence-corrected chi connectivity index (χ0v) is 22.1. The summed E-state index contributed by atoms with van der Waals surface area (Å²) in [6.07, 6.45) is 0.773. The van der Waals surface area contributed by atoms with E-state index in [1.807, 2.05) is 10.6 Å². The van der Waals surface area contributed by atoms with E-state index >= 15 is 0 Å². The number of benzene rings is 1. The number of amides is 1. The van der Waals surface area contributed by atoms with Crippen molar-refractivity contribution in [3.63, 3.8) is 0 Å². The number of pyridine rings is 1. The fraction of sp³-hybridized carbons (Fsp3) is 0.379. The molecule has 3 N–H and O–H groups in total. The first-order valence-corrected chi connectivity index (χ1v) is 13.1. The molecule has 0 unspecified atom stereocenters. The number of likely N-dealkylation sites (tertiary alicyclic amines) is 1. The molecule has 0 radical (unpaired) electrons. The van der Waals surface area contributed by atoms with Crippen molar-refractivity contribution in [2.24, 2.45) is 11.7 Å². The number of nitrogens with two attached hydrogens (primary N) is 1. The van der Waals surface area contributed by atoms with Gasteiger partial charge in [-0.2, -0.15) is 0 Å². The second-order valence-electron chi connectivity index (χ2n) is 10.3. The van der Waals surface area contributed by atoms with Crippen LogP contribution in [0.15, 0.2) is 62.5 Å². The number of methoxy groups -OCH3 is 1. The molecule has 1 saturated heterocycles. The lowest BCUT2D eigenvalue weighted by molar-refractivity contribution is -0.141. The number of carbonyl (C=O) groups is 2. The van der Waals surface area contributed by atoms with Crippen LogP contribution in [0.5, 0.6) is 11.5 Å². The molecule has 2 bridgehead atoms. The van der Waals surface area contributed by atoms with Gasteiger partial charge in [0, 0.05) is 43.4 Å². The van der Waals surface area contributed by atoms with Crippen LogP contribution in [0.4, 0.5) is 0 Å². The molecule has 1 amide bonds. The van der Waals surface area contributed by atoms with E-state index in [9.17, 15) is 24.3 Å². The van der Waals surface area contributed by atoms with Gasteiger partial charge in [0.05, 0.1) is 26.0 Å². The number of piperidine rings is 1. The van der Waals surface area contributed by atoms with Crippen molar-refractivity contribution in [2.75, 3.05) is 26.8 Å². The number of primary amides is 1. The third kappa shape index (κ3) is 5.79. The molecular weight excluding hydrogens is 518 g/mol. The minimum Gasteiger partial charge on any atom is -0.502 e.